The highest BCUT2D eigenvalue weighted by Crippen LogP contribution is 2.41. The lowest BCUT2D eigenvalue weighted by molar-refractivity contribution is -0.143. The van der Waals surface area contributed by atoms with Gasteiger partial charge in [0.05, 0.1) is 12.0 Å². The number of hydrazine groups is 1. The molecular formula is C27H33N5O3. The number of nitrogens with one attached hydrogen (secondary N) is 2. The SMILES string of the molecule is CN(CC1NNC2CCCCC21)C(=O)CC1(c2ccccc2)CC(=O)N(Cc2ccncc2)C1=O. The number of likely N-dealkylation sites (tertiary alicyclic amines) is 1. The van der Waals surface area contributed by atoms with Gasteiger partial charge in [-0.25, -0.2) is 0 Å². The van der Waals surface area contributed by atoms with Gasteiger partial charge in [0.15, 0.2) is 0 Å². The number of aromatic nitrogens is 1. The molecule has 3 heterocycles. The second kappa shape index (κ2) is 9.87. The fraction of sp³-hybridized carbons (Fsp3) is 0.481. The lowest BCUT2D eigenvalue weighted by Gasteiger charge is -2.32. The third-order valence-electron chi connectivity index (χ3n) is 7.96. The molecule has 8 nitrogen and oxygen atoms in total. The Morgan fingerprint density at radius 1 is 1.09 bits per heavy atom. The summed E-state index contributed by atoms with van der Waals surface area (Å²) in [7, 11) is 1.80. The predicted octanol–water partition coefficient (Wildman–Crippen LogP) is 2.16. The number of hydrogen-bond donors (Lipinski definition) is 2. The Labute approximate surface area is 206 Å². The maximum Gasteiger partial charge on any atom is 0.241 e. The Morgan fingerprint density at radius 3 is 2.60 bits per heavy atom. The van der Waals surface area contributed by atoms with E-state index in [2.05, 4.69) is 15.8 Å². The first kappa shape index (κ1) is 23.6. The van der Waals surface area contributed by atoms with Gasteiger partial charge < -0.3 is 4.90 Å². The van der Waals surface area contributed by atoms with Gasteiger partial charge in [-0.2, -0.15) is 0 Å². The summed E-state index contributed by atoms with van der Waals surface area (Å²) in [6.45, 7) is 0.750. The molecule has 1 aliphatic carbocycles. The van der Waals surface area contributed by atoms with Crippen molar-refractivity contribution in [1.82, 2.24) is 25.6 Å². The fourth-order valence-electron chi connectivity index (χ4n) is 5.97. The van der Waals surface area contributed by atoms with Gasteiger partial charge in [-0.05, 0) is 42.0 Å². The van der Waals surface area contributed by atoms with Crippen molar-refractivity contribution >= 4 is 17.7 Å². The number of likely N-dealkylation sites (N-methyl/N-ethyl adjacent to an activating group) is 1. The first-order valence-electron chi connectivity index (χ1n) is 12.5. The standard InChI is InChI=1S/C27H33N5O3/c1-31(18-23-21-9-5-6-10-22(21)29-30-23)24(33)15-27(20-7-3-2-4-8-20)16-25(34)32(26(27)35)17-19-11-13-28-14-12-19/h2-4,7-8,11-14,21-23,29-30H,5-6,9-10,15-18H2,1H3. The molecule has 2 N–H and O–H groups in total. The predicted molar refractivity (Wildman–Crippen MR) is 131 cm³/mol. The Bertz CT molecular complexity index is 1080. The van der Waals surface area contributed by atoms with Crippen molar-refractivity contribution in [3.8, 4) is 0 Å². The normalized spacial score (nSPS) is 28.3. The van der Waals surface area contributed by atoms with Crippen LogP contribution >= 0.6 is 0 Å². The van der Waals surface area contributed by atoms with Crippen molar-refractivity contribution in [3.05, 3.63) is 66.0 Å². The molecule has 1 aromatic heterocycles. The summed E-state index contributed by atoms with van der Waals surface area (Å²) in [5.74, 6) is -0.174. The molecule has 2 aromatic rings. The van der Waals surface area contributed by atoms with Gasteiger partial charge in [0.1, 0.15) is 0 Å². The Morgan fingerprint density at radius 2 is 1.83 bits per heavy atom. The van der Waals surface area contributed by atoms with E-state index < -0.39 is 5.41 Å². The van der Waals surface area contributed by atoms with E-state index >= 15 is 0 Å². The zero-order valence-electron chi connectivity index (χ0n) is 20.2. The van der Waals surface area contributed by atoms with Gasteiger partial charge in [0.25, 0.3) is 0 Å². The van der Waals surface area contributed by atoms with Crippen LogP contribution in [0.4, 0.5) is 0 Å². The first-order valence-corrected chi connectivity index (χ1v) is 12.5. The molecule has 0 radical (unpaired) electrons. The van der Waals surface area contributed by atoms with Crippen LogP contribution in [0.1, 0.15) is 49.7 Å². The molecule has 4 atom stereocenters. The number of carbonyl (C=O) groups is 3. The molecule has 5 rings (SSSR count). The van der Waals surface area contributed by atoms with E-state index in [-0.39, 0.29) is 43.1 Å². The molecule has 8 heteroatoms. The zero-order chi connectivity index (χ0) is 24.4. The van der Waals surface area contributed by atoms with Crippen LogP contribution in [0, 0.1) is 5.92 Å². The van der Waals surface area contributed by atoms with E-state index in [0.29, 0.717) is 24.1 Å². The van der Waals surface area contributed by atoms with Crippen molar-refractivity contribution in [1.29, 1.82) is 0 Å². The number of imide groups is 1. The molecule has 2 saturated heterocycles. The molecule has 1 aromatic carbocycles. The minimum absolute atomic E-state index is 0.00551. The summed E-state index contributed by atoms with van der Waals surface area (Å²) in [6.07, 6.45) is 8.03. The lowest BCUT2D eigenvalue weighted by Crippen LogP contribution is -2.46. The van der Waals surface area contributed by atoms with Crippen molar-refractivity contribution < 1.29 is 14.4 Å². The van der Waals surface area contributed by atoms with Crippen LogP contribution in [0.3, 0.4) is 0 Å². The largest absolute Gasteiger partial charge is 0.344 e. The third kappa shape index (κ3) is 4.60. The topological polar surface area (TPSA) is 94.6 Å². The van der Waals surface area contributed by atoms with Crippen LogP contribution in [-0.4, -0.2) is 58.2 Å². The molecule has 4 unspecified atom stereocenters. The van der Waals surface area contributed by atoms with E-state index in [4.69, 9.17) is 0 Å². The van der Waals surface area contributed by atoms with Crippen molar-refractivity contribution in [2.24, 2.45) is 5.92 Å². The lowest BCUT2D eigenvalue weighted by atomic mass is 9.75. The molecule has 184 valence electrons. The molecular weight excluding hydrogens is 442 g/mol. The molecule has 0 bridgehead atoms. The number of amides is 3. The molecule has 0 spiro atoms. The zero-order valence-corrected chi connectivity index (χ0v) is 20.2. The number of rotatable bonds is 7. The minimum Gasteiger partial charge on any atom is -0.344 e. The van der Waals surface area contributed by atoms with Crippen LogP contribution < -0.4 is 10.9 Å². The van der Waals surface area contributed by atoms with E-state index in [1.54, 1.807) is 36.5 Å². The van der Waals surface area contributed by atoms with Crippen LogP contribution in [0.5, 0.6) is 0 Å². The monoisotopic (exact) mass is 475 g/mol. The van der Waals surface area contributed by atoms with Crippen LogP contribution in [0.25, 0.3) is 0 Å². The molecule has 35 heavy (non-hydrogen) atoms. The average molecular weight is 476 g/mol. The third-order valence-corrected chi connectivity index (χ3v) is 7.96. The van der Waals surface area contributed by atoms with Crippen LogP contribution in [0.15, 0.2) is 54.9 Å². The average Bonchev–Trinajstić information content (AvgIpc) is 3.39. The quantitative estimate of drug-likeness (QED) is 0.596. The van der Waals surface area contributed by atoms with Gasteiger partial charge >= 0.3 is 0 Å². The van der Waals surface area contributed by atoms with Crippen molar-refractivity contribution in [2.75, 3.05) is 13.6 Å². The number of hydrogen-bond acceptors (Lipinski definition) is 6. The second-order valence-electron chi connectivity index (χ2n) is 10.2. The van der Waals surface area contributed by atoms with Gasteiger partial charge in [0, 0.05) is 50.9 Å². The molecule has 3 aliphatic rings. The summed E-state index contributed by atoms with van der Waals surface area (Å²) < 4.78 is 0. The van der Waals surface area contributed by atoms with Gasteiger partial charge in [-0.3, -0.25) is 35.1 Å². The molecule has 2 aliphatic heterocycles. The summed E-state index contributed by atoms with van der Waals surface area (Å²) in [5, 5.41) is 0. The highest BCUT2D eigenvalue weighted by molar-refractivity contribution is 6.10. The minimum atomic E-state index is -1.19. The highest BCUT2D eigenvalue weighted by atomic mass is 16.2. The van der Waals surface area contributed by atoms with E-state index in [9.17, 15) is 14.4 Å². The molecule has 3 fully saturated rings. The van der Waals surface area contributed by atoms with Gasteiger partial charge in [0.2, 0.25) is 17.7 Å². The van der Waals surface area contributed by atoms with Gasteiger partial charge in [-0.15, -0.1) is 0 Å². The summed E-state index contributed by atoms with van der Waals surface area (Å²) in [4.78, 5) is 47.5. The fourth-order valence-corrected chi connectivity index (χ4v) is 5.97. The Balaban J connectivity index is 1.35. The second-order valence-corrected chi connectivity index (χ2v) is 10.2. The molecule has 1 saturated carbocycles. The van der Waals surface area contributed by atoms with E-state index in [0.717, 1.165) is 18.4 Å². The number of fused-ring (bicyclic) bond motifs is 1. The Hall–Kier alpha value is -3.10. The maximum absolute atomic E-state index is 13.8. The van der Waals surface area contributed by atoms with Crippen LogP contribution in [0.2, 0.25) is 0 Å². The van der Waals surface area contributed by atoms with E-state index in [1.165, 1.54) is 17.7 Å². The number of pyridine rings is 1. The number of carbonyl (C=O) groups excluding carboxylic acids is 3. The summed E-state index contributed by atoms with van der Waals surface area (Å²) in [5.41, 5.74) is 7.15. The van der Waals surface area contributed by atoms with Crippen molar-refractivity contribution in [2.45, 2.75) is 62.6 Å². The first-order chi connectivity index (χ1) is 17.0. The smallest absolute Gasteiger partial charge is 0.241 e. The molecule has 3 amide bonds. The van der Waals surface area contributed by atoms with Crippen LogP contribution in [-0.2, 0) is 26.3 Å². The maximum atomic E-state index is 13.8. The number of benzene rings is 1. The van der Waals surface area contributed by atoms with Crippen molar-refractivity contribution in [3.63, 3.8) is 0 Å². The van der Waals surface area contributed by atoms with E-state index in [1.807, 2.05) is 30.3 Å². The Kier molecular flexibility index (Phi) is 6.67. The number of nitrogens with zero attached hydrogens (tertiary/aromatic N) is 3. The van der Waals surface area contributed by atoms with Gasteiger partial charge in [-0.1, -0.05) is 43.2 Å². The summed E-state index contributed by atoms with van der Waals surface area (Å²) >= 11 is 0. The highest BCUT2D eigenvalue weighted by Gasteiger charge is 2.54. The summed E-state index contributed by atoms with van der Waals surface area (Å²) in [6, 6.07) is 13.5.